The first-order valence-electron chi connectivity index (χ1n) is 9.49. The van der Waals surface area contributed by atoms with Crippen molar-refractivity contribution in [2.24, 2.45) is 0 Å². The Bertz CT molecular complexity index is 847. The van der Waals surface area contributed by atoms with Crippen molar-refractivity contribution in [2.75, 3.05) is 5.32 Å². The molecule has 1 heterocycles. The highest BCUT2D eigenvalue weighted by molar-refractivity contribution is 6.04. The third-order valence-electron chi connectivity index (χ3n) is 4.81. The van der Waals surface area contributed by atoms with Crippen LogP contribution in [0.2, 0.25) is 0 Å². The minimum Gasteiger partial charge on any atom is -0.326 e. The van der Waals surface area contributed by atoms with Gasteiger partial charge in [0.2, 0.25) is 5.91 Å². The zero-order valence-corrected chi connectivity index (χ0v) is 16.1. The Hall–Kier alpha value is -3.15. The second kappa shape index (κ2) is 8.69. The summed E-state index contributed by atoms with van der Waals surface area (Å²) in [5.41, 5.74) is 2.81. The van der Waals surface area contributed by atoms with E-state index >= 15 is 0 Å². The van der Waals surface area contributed by atoms with Gasteiger partial charge in [0.25, 0.3) is 5.91 Å². The molecule has 1 atom stereocenters. The summed E-state index contributed by atoms with van der Waals surface area (Å²) in [6.07, 6.45) is 0.424. The van der Waals surface area contributed by atoms with Gasteiger partial charge in [0.05, 0.1) is 6.54 Å². The molecule has 0 bridgehead atoms. The lowest BCUT2D eigenvalue weighted by Crippen LogP contribution is -2.31. The lowest BCUT2D eigenvalue weighted by molar-refractivity contribution is -0.128. The monoisotopic (exact) mass is 379 g/mol. The number of rotatable bonds is 7. The Morgan fingerprint density at radius 1 is 1.07 bits per heavy atom. The van der Waals surface area contributed by atoms with Crippen LogP contribution in [0.5, 0.6) is 0 Å². The molecule has 1 unspecified atom stereocenters. The van der Waals surface area contributed by atoms with Crippen LogP contribution in [0.15, 0.2) is 54.6 Å². The van der Waals surface area contributed by atoms with Crippen LogP contribution in [0, 0.1) is 0 Å². The van der Waals surface area contributed by atoms with Gasteiger partial charge >= 0.3 is 6.03 Å². The maximum absolute atomic E-state index is 12.5. The number of benzene rings is 2. The molecular weight excluding hydrogens is 354 g/mol. The molecule has 3 rings (SSSR count). The standard InChI is InChI=1S/C22H25N3O3/c1-15(2)17-8-10-18(11-9-17)23-20(26)13-12-19-21(27)25(22(28)24-19)14-16-6-4-3-5-7-16/h3-11,15,19H,12-14H2,1-2H3,(H,23,26)(H,24,28). The van der Waals surface area contributed by atoms with Crippen molar-refractivity contribution in [1.29, 1.82) is 0 Å². The second-order valence-corrected chi connectivity index (χ2v) is 7.28. The van der Waals surface area contributed by atoms with Crippen LogP contribution in [0.3, 0.4) is 0 Å². The molecule has 2 aromatic rings. The molecule has 0 spiro atoms. The summed E-state index contributed by atoms with van der Waals surface area (Å²) in [6.45, 7) is 4.46. The minimum atomic E-state index is -0.662. The van der Waals surface area contributed by atoms with E-state index in [0.717, 1.165) is 11.3 Å². The molecule has 1 aliphatic rings. The van der Waals surface area contributed by atoms with Crippen molar-refractivity contribution in [3.63, 3.8) is 0 Å². The van der Waals surface area contributed by atoms with Gasteiger partial charge in [-0.15, -0.1) is 0 Å². The Morgan fingerprint density at radius 3 is 2.39 bits per heavy atom. The number of nitrogens with zero attached hydrogens (tertiary/aromatic N) is 1. The van der Waals surface area contributed by atoms with Crippen LogP contribution in [-0.4, -0.2) is 28.8 Å². The SMILES string of the molecule is CC(C)c1ccc(NC(=O)CCC2NC(=O)N(Cc3ccccc3)C2=O)cc1. The molecule has 0 aromatic heterocycles. The molecule has 1 fully saturated rings. The summed E-state index contributed by atoms with van der Waals surface area (Å²) in [6, 6.07) is 16.0. The number of hydrogen-bond acceptors (Lipinski definition) is 3. The third-order valence-corrected chi connectivity index (χ3v) is 4.81. The van der Waals surface area contributed by atoms with Gasteiger partial charge in [0.15, 0.2) is 0 Å². The zero-order valence-electron chi connectivity index (χ0n) is 16.1. The fourth-order valence-corrected chi connectivity index (χ4v) is 3.14. The molecule has 0 saturated carbocycles. The Kier molecular flexibility index (Phi) is 6.09. The lowest BCUT2D eigenvalue weighted by Gasteiger charge is -2.13. The summed E-state index contributed by atoms with van der Waals surface area (Å²) < 4.78 is 0. The average molecular weight is 379 g/mol. The molecule has 2 aromatic carbocycles. The summed E-state index contributed by atoms with van der Waals surface area (Å²) in [7, 11) is 0. The molecule has 1 saturated heterocycles. The van der Waals surface area contributed by atoms with Gasteiger partial charge in [-0.1, -0.05) is 56.3 Å². The largest absolute Gasteiger partial charge is 0.326 e. The first kappa shape index (κ1) is 19.6. The summed E-state index contributed by atoms with van der Waals surface area (Å²) in [4.78, 5) is 38.0. The van der Waals surface area contributed by atoms with Crippen molar-refractivity contribution < 1.29 is 14.4 Å². The van der Waals surface area contributed by atoms with Crippen LogP contribution in [0.4, 0.5) is 10.5 Å². The number of anilines is 1. The maximum atomic E-state index is 12.5. The lowest BCUT2D eigenvalue weighted by atomic mass is 10.0. The number of amides is 4. The molecule has 0 radical (unpaired) electrons. The minimum absolute atomic E-state index is 0.155. The van der Waals surface area contributed by atoms with Gasteiger partial charge in [-0.3, -0.25) is 14.5 Å². The quantitative estimate of drug-likeness (QED) is 0.721. The van der Waals surface area contributed by atoms with Crippen molar-refractivity contribution in [2.45, 2.75) is 45.2 Å². The highest BCUT2D eigenvalue weighted by Gasteiger charge is 2.37. The summed E-state index contributed by atoms with van der Waals surface area (Å²) in [5, 5.41) is 5.50. The van der Waals surface area contributed by atoms with Crippen LogP contribution >= 0.6 is 0 Å². The number of nitrogens with one attached hydrogen (secondary N) is 2. The zero-order chi connectivity index (χ0) is 20.1. The van der Waals surface area contributed by atoms with E-state index in [4.69, 9.17) is 0 Å². The van der Waals surface area contributed by atoms with E-state index < -0.39 is 12.1 Å². The van der Waals surface area contributed by atoms with Gasteiger partial charge in [-0.2, -0.15) is 0 Å². The molecule has 1 aliphatic heterocycles. The fraction of sp³-hybridized carbons (Fsp3) is 0.318. The Labute approximate surface area is 164 Å². The predicted molar refractivity (Wildman–Crippen MR) is 108 cm³/mol. The van der Waals surface area contributed by atoms with Crippen molar-refractivity contribution in [3.05, 3.63) is 65.7 Å². The van der Waals surface area contributed by atoms with E-state index in [1.165, 1.54) is 10.5 Å². The molecule has 146 valence electrons. The highest BCUT2D eigenvalue weighted by Crippen LogP contribution is 2.18. The summed E-state index contributed by atoms with van der Waals surface area (Å²) >= 11 is 0. The Balaban J connectivity index is 1.50. The topological polar surface area (TPSA) is 78.5 Å². The van der Waals surface area contributed by atoms with Gasteiger partial charge in [0, 0.05) is 12.1 Å². The van der Waals surface area contributed by atoms with Crippen LogP contribution in [0.25, 0.3) is 0 Å². The predicted octanol–water partition coefficient (Wildman–Crippen LogP) is 3.65. The third kappa shape index (κ3) is 4.76. The van der Waals surface area contributed by atoms with Crippen molar-refractivity contribution in [1.82, 2.24) is 10.2 Å². The van der Waals surface area contributed by atoms with Gasteiger partial charge in [0.1, 0.15) is 6.04 Å². The van der Waals surface area contributed by atoms with Gasteiger partial charge in [-0.05, 0) is 35.6 Å². The van der Waals surface area contributed by atoms with Crippen LogP contribution in [-0.2, 0) is 16.1 Å². The molecule has 6 nitrogen and oxygen atoms in total. The number of hydrogen-bond donors (Lipinski definition) is 2. The molecule has 6 heteroatoms. The number of urea groups is 1. The van der Waals surface area contributed by atoms with E-state index in [2.05, 4.69) is 24.5 Å². The van der Waals surface area contributed by atoms with E-state index in [1.807, 2.05) is 54.6 Å². The van der Waals surface area contributed by atoms with E-state index in [9.17, 15) is 14.4 Å². The average Bonchev–Trinajstić information content (AvgIpc) is 2.95. The maximum Gasteiger partial charge on any atom is 0.325 e. The number of imide groups is 1. The molecular formula is C22H25N3O3. The van der Waals surface area contributed by atoms with E-state index in [1.54, 1.807) is 0 Å². The van der Waals surface area contributed by atoms with Gasteiger partial charge in [-0.25, -0.2) is 4.79 Å². The second-order valence-electron chi connectivity index (χ2n) is 7.28. The van der Waals surface area contributed by atoms with Crippen LogP contribution < -0.4 is 10.6 Å². The van der Waals surface area contributed by atoms with E-state index in [-0.39, 0.29) is 31.2 Å². The molecule has 0 aliphatic carbocycles. The van der Waals surface area contributed by atoms with Crippen molar-refractivity contribution >= 4 is 23.5 Å². The summed E-state index contributed by atoms with van der Waals surface area (Å²) in [5.74, 6) is -0.0376. The normalized spacial score (nSPS) is 16.4. The number of carbonyl (C=O) groups excluding carboxylic acids is 3. The smallest absolute Gasteiger partial charge is 0.325 e. The first-order valence-corrected chi connectivity index (χ1v) is 9.49. The number of carbonyl (C=O) groups is 3. The highest BCUT2D eigenvalue weighted by atomic mass is 16.2. The molecule has 4 amide bonds. The Morgan fingerprint density at radius 2 is 1.75 bits per heavy atom. The van der Waals surface area contributed by atoms with Gasteiger partial charge < -0.3 is 10.6 Å². The molecule has 2 N–H and O–H groups in total. The molecule has 28 heavy (non-hydrogen) atoms. The fourth-order valence-electron chi connectivity index (χ4n) is 3.14. The van der Waals surface area contributed by atoms with E-state index in [0.29, 0.717) is 5.92 Å². The first-order chi connectivity index (χ1) is 13.4. The van der Waals surface area contributed by atoms with Crippen molar-refractivity contribution in [3.8, 4) is 0 Å². The van der Waals surface area contributed by atoms with Crippen LogP contribution in [0.1, 0.15) is 43.7 Å².